The van der Waals surface area contributed by atoms with Crippen molar-refractivity contribution < 1.29 is 26.0 Å². The van der Waals surface area contributed by atoms with Gasteiger partial charge in [0, 0.05) is 25.1 Å². The van der Waals surface area contributed by atoms with Crippen LogP contribution in [0.4, 0.5) is 17.6 Å². The molecule has 0 aliphatic carbocycles. The van der Waals surface area contributed by atoms with Gasteiger partial charge in [-0.2, -0.15) is 4.31 Å². The average molecular weight is 283 g/mol. The van der Waals surface area contributed by atoms with Crippen molar-refractivity contribution in [1.82, 2.24) is 4.31 Å². The molecule has 0 aromatic heterocycles. The van der Waals surface area contributed by atoms with Crippen LogP contribution >= 0.6 is 0 Å². The Hall–Kier alpha value is -1.15. The fraction of sp³-hybridized carbons (Fsp3) is 0.400. The molecule has 100 valence electrons. The normalized spacial score (nSPS) is 18.1. The molecule has 18 heavy (non-hydrogen) atoms. The van der Waals surface area contributed by atoms with E-state index in [4.69, 9.17) is 0 Å². The van der Waals surface area contributed by atoms with Crippen LogP contribution < -0.4 is 0 Å². The molecule has 8 heteroatoms. The second-order valence-electron chi connectivity index (χ2n) is 3.99. The van der Waals surface area contributed by atoms with Gasteiger partial charge in [0.15, 0.2) is 0 Å². The molecule has 1 saturated heterocycles. The number of rotatable bonds is 3. The lowest BCUT2D eigenvalue weighted by Crippen LogP contribution is -2.52. The van der Waals surface area contributed by atoms with Crippen molar-refractivity contribution in [3.8, 4) is 0 Å². The van der Waals surface area contributed by atoms with Crippen LogP contribution in [0.3, 0.4) is 0 Å². The first kappa shape index (κ1) is 13.3. The van der Waals surface area contributed by atoms with Gasteiger partial charge in [-0.1, -0.05) is 0 Å². The molecule has 0 bridgehead atoms. The fourth-order valence-corrected chi connectivity index (χ4v) is 3.25. The van der Waals surface area contributed by atoms with E-state index < -0.39 is 38.9 Å². The van der Waals surface area contributed by atoms with Crippen LogP contribution in [-0.4, -0.2) is 32.2 Å². The third-order valence-corrected chi connectivity index (χ3v) is 4.61. The van der Waals surface area contributed by atoms with Crippen LogP contribution in [0.1, 0.15) is 0 Å². The molecule has 2 rings (SSSR count). The molecular formula is C10H9F4NO2S. The van der Waals surface area contributed by atoms with Crippen LogP contribution in [0.2, 0.25) is 0 Å². The third-order valence-electron chi connectivity index (χ3n) is 2.74. The smallest absolute Gasteiger partial charge is 0.210 e. The summed E-state index contributed by atoms with van der Waals surface area (Å²) in [5.74, 6) is -3.15. The average Bonchev–Trinajstić information content (AvgIpc) is 2.12. The van der Waals surface area contributed by atoms with Crippen LogP contribution in [0.15, 0.2) is 23.1 Å². The lowest BCUT2D eigenvalue weighted by Gasteiger charge is -2.37. The molecule has 0 saturated carbocycles. The molecule has 0 amide bonds. The Balaban J connectivity index is 2.23. The highest BCUT2D eigenvalue weighted by atomic mass is 32.2. The molecule has 0 spiro atoms. The zero-order chi connectivity index (χ0) is 13.5. The maximum Gasteiger partial charge on any atom is 0.246 e. The number of hydrogen-bond acceptors (Lipinski definition) is 2. The third kappa shape index (κ3) is 2.22. The zero-order valence-corrected chi connectivity index (χ0v) is 9.80. The Morgan fingerprint density at radius 3 is 2.33 bits per heavy atom. The molecule has 0 radical (unpaired) electrons. The quantitative estimate of drug-likeness (QED) is 0.794. The van der Waals surface area contributed by atoms with Gasteiger partial charge in [0.2, 0.25) is 16.4 Å². The van der Waals surface area contributed by atoms with Crippen molar-refractivity contribution in [3.63, 3.8) is 0 Å². The summed E-state index contributed by atoms with van der Waals surface area (Å²) in [5, 5.41) is 0. The van der Waals surface area contributed by atoms with E-state index in [1.165, 1.54) is 0 Å². The number of alkyl halides is 2. The van der Waals surface area contributed by atoms with E-state index in [-0.39, 0.29) is 13.1 Å². The molecule has 0 unspecified atom stereocenters. The van der Waals surface area contributed by atoms with Gasteiger partial charge in [-0.25, -0.2) is 26.0 Å². The van der Waals surface area contributed by atoms with Gasteiger partial charge >= 0.3 is 0 Å². The molecular weight excluding hydrogens is 274 g/mol. The Labute approximate surface area is 101 Å². The lowest BCUT2D eigenvalue weighted by atomic mass is 10.1. The highest BCUT2D eigenvalue weighted by molar-refractivity contribution is 7.89. The monoisotopic (exact) mass is 283 g/mol. The van der Waals surface area contributed by atoms with Crippen molar-refractivity contribution in [1.29, 1.82) is 0 Å². The van der Waals surface area contributed by atoms with Gasteiger partial charge in [0.05, 0.1) is 0 Å². The van der Waals surface area contributed by atoms with Gasteiger partial charge in [-0.15, -0.1) is 0 Å². The molecule has 1 aromatic carbocycles. The van der Waals surface area contributed by atoms with Gasteiger partial charge < -0.3 is 0 Å². The van der Waals surface area contributed by atoms with Crippen molar-refractivity contribution >= 4 is 10.0 Å². The molecule has 1 aliphatic heterocycles. The molecule has 1 heterocycles. The molecule has 3 nitrogen and oxygen atoms in total. The molecule has 1 aromatic rings. The van der Waals surface area contributed by atoms with Crippen LogP contribution in [0.5, 0.6) is 0 Å². The van der Waals surface area contributed by atoms with Crippen molar-refractivity contribution in [2.75, 3.05) is 13.1 Å². The topological polar surface area (TPSA) is 37.4 Å². The first-order valence-corrected chi connectivity index (χ1v) is 6.49. The molecule has 0 atom stereocenters. The lowest BCUT2D eigenvalue weighted by molar-refractivity contribution is 0.0123. The van der Waals surface area contributed by atoms with E-state index in [2.05, 4.69) is 0 Å². The summed E-state index contributed by atoms with van der Waals surface area (Å²) in [7, 11) is -4.16. The van der Waals surface area contributed by atoms with E-state index in [1.807, 2.05) is 0 Å². The van der Waals surface area contributed by atoms with Crippen molar-refractivity contribution in [2.45, 2.75) is 11.3 Å². The summed E-state index contributed by atoms with van der Waals surface area (Å²) in [4.78, 5) is -0.698. The minimum Gasteiger partial charge on any atom is -0.210 e. The Bertz CT molecular complexity index is 555. The summed E-state index contributed by atoms with van der Waals surface area (Å²) in [5.41, 5.74) is 0. The highest BCUT2D eigenvalue weighted by Crippen LogP contribution is 2.29. The van der Waals surface area contributed by atoms with E-state index in [9.17, 15) is 26.0 Å². The number of benzene rings is 1. The maximum absolute atomic E-state index is 13.3. The molecule has 1 fully saturated rings. The van der Waals surface area contributed by atoms with Gasteiger partial charge in [-0.05, 0) is 12.1 Å². The number of sulfonamides is 1. The summed E-state index contributed by atoms with van der Waals surface area (Å²) in [6.07, 6.45) is -2.60. The van der Waals surface area contributed by atoms with Crippen LogP contribution in [-0.2, 0) is 10.0 Å². The summed E-state index contributed by atoms with van der Waals surface area (Å²) in [6.45, 7) is -0.701. The predicted octanol–water partition coefficient (Wildman–Crippen LogP) is 1.85. The Morgan fingerprint density at radius 2 is 1.83 bits per heavy atom. The van der Waals surface area contributed by atoms with E-state index >= 15 is 0 Å². The minimum atomic E-state index is -4.16. The second-order valence-corrected chi connectivity index (χ2v) is 5.90. The van der Waals surface area contributed by atoms with Crippen LogP contribution in [0.25, 0.3) is 0 Å². The summed E-state index contributed by atoms with van der Waals surface area (Å²) >= 11 is 0. The SMILES string of the molecule is O=S(=O)(c1ccc(F)cc1F)N1CC(C(F)F)C1. The van der Waals surface area contributed by atoms with E-state index in [0.717, 1.165) is 16.4 Å². The number of nitrogens with zero attached hydrogens (tertiary/aromatic N) is 1. The van der Waals surface area contributed by atoms with Crippen molar-refractivity contribution in [2.24, 2.45) is 5.92 Å². The largest absolute Gasteiger partial charge is 0.246 e. The highest BCUT2D eigenvalue weighted by Gasteiger charge is 2.42. The first-order chi connectivity index (χ1) is 8.32. The second kappa shape index (κ2) is 4.51. The van der Waals surface area contributed by atoms with E-state index in [1.54, 1.807) is 0 Å². The zero-order valence-electron chi connectivity index (χ0n) is 8.98. The number of halogens is 4. The summed E-state index contributed by atoms with van der Waals surface area (Å²) in [6, 6.07) is 2.04. The Morgan fingerprint density at radius 1 is 1.22 bits per heavy atom. The van der Waals surface area contributed by atoms with Crippen LogP contribution in [0, 0.1) is 17.6 Å². The maximum atomic E-state index is 13.3. The fourth-order valence-electron chi connectivity index (χ4n) is 1.65. The van der Waals surface area contributed by atoms with Gasteiger partial charge in [-0.3, -0.25) is 0 Å². The summed E-state index contributed by atoms with van der Waals surface area (Å²) < 4.78 is 74.9. The van der Waals surface area contributed by atoms with Crippen molar-refractivity contribution in [3.05, 3.63) is 29.8 Å². The van der Waals surface area contributed by atoms with Gasteiger partial charge in [0.1, 0.15) is 16.5 Å². The molecule has 0 N–H and O–H groups in total. The molecule has 1 aliphatic rings. The standard InChI is InChI=1S/C10H9F4NO2S/c11-7-1-2-9(8(12)3-7)18(16,17)15-4-6(5-15)10(13)14/h1-3,6,10H,4-5H2. The minimum absolute atomic E-state index is 0.350. The predicted molar refractivity (Wildman–Crippen MR) is 54.6 cm³/mol. The number of hydrogen-bond donors (Lipinski definition) is 0. The Kier molecular flexibility index (Phi) is 3.33. The first-order valence-electron chi connectivity index (χ1n) is 5.05. The van der Waals surface area contributed by atoms with Gasteiger partial charge in [0.25, 0.3) is 0 Å². The van der Waals surface area contributed by atoms with E-state index in [0.29, 0.717) is 6.07 Å².